The first-order valence-electron chi connectivity index (χ1n) is 9.56. The number of nitrogens with zero attached hydrogens (tertiary/aromatic N) is 3. The summed E-state index contributed by atoms with van der Waals surface area (Å²) < 4.78 is 41.4. The van der Waals surface area contributed by atoms with Gasteiger partial charge in [0, 0.05) is 42.2 Å². The van der Waals surface area contributed by atoms with Gasteiger partial charge in [0.05, 0.1) is 5.69 Å². The minimum atomic E-state index is -1.03. The number of anilines is 3. The summed E-state index contributed by atoms with van der Waals surface area (Å²) in [5.74, 6) is -2.47. The van der Waals surface area contributed by atoms with Gasteiger partial charge >= 0.3 is 0 Å². The van der Waals surface area contributed by atoms with Crippen molar-refractivity contribution < 1.29 is 13.2 Å². The summed E-state index contributed by atoms with van der Waals surface area (Å²) in [6, 6.07) is 6.66. The van der Waals surface area contributed by atoms with Crippen molar-refractivity contribution in [2.24, 2.45) is 0 Å². The van der Waals surface area contributed by atoms with Gasteiger partial charge in [-0.1, -0.05) is 19.3 Å². The molecule has 0 bridgehead atoms. The Hall–Kier alpha value is -3.16. The maximum atomic E-state index is 14.1. The summed E-state index contributed by atoms with van der Waals surface area (Å²) in [7, 11) is 0. The van der Waals surface area contributed by atoms with Gasteiger partial charge < -0.3 is 10.6 Å². The maximum Gasteiger partial charge on any atom is 0.225 e. The molecule has 29 heavy (non-hydrogen) atoms. The Labute approximate surface area is 166 Å². The standard InChI is InChI=1S/C21H20F3N5/c22-14-10-16(23)20(17(24)11-14)28-19-12-18(13-6-8-25-9-7-13)27-21(29-19)26-15-4-2-1-3-5-15/h6-12,15H,1-5H2,(H2,26,27,28,29). The average Bonchev–Trinajstić information content (AvgIpc) is 2.72. The second-order valence-electron chi connectivity index (χ2n) is 7.05. The summed E-state index contributed by atoms with van der Waals surface area (Å²) in [6.45, 7) is 0. The number of hydrogen-bond acceptors (Lipinski definition) is 5. The topological polar surface area (TPSA) is 62.7 Å². The highest BCUT2D eigenvalue weighted by Gasteiger charge is 2.17. The third kappa shape index (κ3) is 4.64. The molecule has 1 aliphatic carbocycles. The maximum absolute atomic E-state index is 14.1. The molecule has 4 rings (SSSR count). The number of benzene rings is 1. The van der Waals surface area contributed by atoms with Crippen molar-refractivity contribution in [3.05, 3.63) is 60.2 Å². The molecule has 0 amide bonds. The van der Waals surface area contributed by atoms with Gasteiger partial charge in [-0.3, -0.25) is 4.98 Å². The fourth-order valence-corrected chi connectivity index (χ4v) is 3.47. The molecule has 2 aromatic heterocycles. The highest BCUT2D eigenvalue weighted by atomic mass is 19.1. The monoisotopic (exact) mass is 399 g/mol. The van der Waals surface area contributed by atoms with Crippen LogP contribution >= 0.6 is 0 Å². The minimum Gasteiger partial charge on any atom is -0.351 e. The van der Waals surface area contributed by atoms with Crippen LogP contribution in [0.15, 0.2) is 42.7 Å². The quantitative estimate of drug-likeness (QED) is 0.598. The molecule has 0 spiro atoms. The lowest BCUT2D eigenvalue weighted by atomic mass is 9.96. The summed E-state index contributed by atoms with van der Waals surface area (Å²) >= 11 is 0. The van der Waals surface area contributed by atoms with Gasteiger partial charge in [0.1, 0.15) is 17.3 Å². The zero-order chi connectivity index (χ0) is 20.2. The van der Waals surface area contributed by atoms with Crippen molar-refractivity contribution in [3.8, 4) is 11.3 Å². The summed E-state index contributed by atoms with van der Waals surface area (Å²) in [5, 5.41) is 5.96. The molecule has 0 radical (unpaired) electrons. The van der Waals surface area contributed by atoms with E-state index in [4.69, 9.17) is 0 Å². The Morgan fingerprint density at radius 1 is 0.862 bits per heavy atom. The van der Waals surface area contributed by atoms with Crippen LogP contribution in [0.1, 0.15) is 32.1 Å². The minimum absolute atomic E-state index is 0.203. The highest BCUT2D eigenvalue weighted by Crippen LogP contribution is 2.28. The number of hydrogen-bond donors (Lipinski definition) is 2. The number of pyridine rings is 1. The van der Waals surface area contributed by atoms with E-state index in [1.165, 1.54) is 6.42 Å². The Balaban J connectivity index is 1.69. The molecule has 0 saturated heterocycles. The molecule has 1 aromatic carbocycles. The van der Waals surface area contributed by atoms with Crippen LogP contribution in [-0.4, -0.2) is 21.0 Å². The van der Waals surface area contributed by atoms with Crippen molar-refractivity contribution in [1.82, 2.24) is 15.0 Å². The number of nitrogens with one attached hydrogen (secondary N) is 2. The zero-order valence-corrected chi connectivity index (χ0v) is 15.6. The summed E-state index contributed by atoms with van der Waals surface area (Å²) in [4.78, 5) is 12.9. The van der Waals surface area contributed by atoms with Crippen LogP contribution in [0, 0.1) is 17.5 Å². The zero-order valence-electron chi connectivity index (χ0n) is 15.6. The van der Waals surface area contributed by atoms with Crippen molar-refractivity contribution in [2.45, 2.75) is 38.1 Å². The molecule has 0 atom stereocenters. The van der Waals surface area contributed by atoms with E-state index >= 15 is 0 Å². The normalized spacial score (nSPS) is 14.6. The van der Waals surface area contributed by atoms with Gasteiger partial charge in [-0.2, -0.15) is 4.98 Å². The van der Waals surface area contributed by atoms with Crippen LogP contribution in [0.25, 0.3) is 11.3 Å². The van der Waals surface area contributed by atoms with Crippen LogP contribution in [0.4, 0.5) is 30.6 Å². The molecular formula is C21H20F3N5. The van der Waals surface area contributed by atoms with E-state index in [2.05, 4.69) is 25.6 Å². The van der Waals surface area contributed by atoms with Crippen molar-refractivity contribution in [3.63, 3.8) is 0 Å². The van der Waals surface area contributed by atoms with Crippen LogP contribution in [-0.2, 0) is 0 Å². The fourth-order valence-electron chi connectivity index (χ4n) is 3.47. The molecule has 150 valence electrons. The van der Waals surface area contributed by atoms with E-state index < -0.39 is 23.1 Å². The molecule has 0 unspecified atom stereocenters. The Bertz CT molecular complexity index is 968. The SMILES string of the molecule is Fc1cc(F)c(Nc2cc(-c3ccncc3)nc(NC3CCCCC3)n2)c(F)c1. The number of halogens is 3. The van der Waals surface area contributed by atoms with Crippen LogP contribution < -0.4 is 10.6 Å². The Morgan fingerprint density at radius 2 is 1.55 bits per heavy atom. The molecule has 1 aliphatic rings. The third-order valence-corrected chi connectivity index (χ3v) is 4.90. The van der Waals surface area contributed by atoms with Gasteiger partial charge in [0.15, 0.2) is 11.6 Å². The molecule has 5 nitrogen and oxygen atoms in total. The van der Waals surface area contributed by atoms with E-state index in [0.717, 1.165) is 31.2 Å². The average molecular weight is 399 g/mol. The first kappa shape index (κ1) is 19.2. The molecule has 8 heteroatoms. The second-order valence-corrected chi connectivity index (χ2v) is 7.05. The molecule has 1 fully saturated rings. The predicted octanol–water partition coefficient (Wildman–Crippen LogP) is 5.44. The molecule has 2 N–H and O–H groups in total. The number of aromatic nitrogens is 3. The van der Waals surface area contributed by atoms with E-state index in [9.17, 15) is 13.2 Å². The first-order chi connectivity index (χ1) is 14.1. The van der Waals surface area contributed by atoms with E-state index in [1.807, 2.05) is 0 Å². The molecule has 3 aromatic rings. The fraction of sp³-hybridized carbons (Fsp3) is 0.286. The van der Waals surface area contributed by atoms with Gasteiger partial charge in [0.25, 0.3) is 0 Å². The van der Waals surface area contributed by atoms with Crippen molar-refractivity contribution >= 4 is 17.5 Å². The third-order valence-electron chi connectivity index (χ3n) is 4.90. The van der Waals surface area contributed by atoms with Crippen molar-refractivity contribution in [1.29, 1.82) is 0 Å². The lowest BCUT2D eigenvalue weighted by molar-refractivity contribution is 0.461. The first-order valence-corrected chi connectivity index (χ1v) is 9.56. The molecule has 0 aliphatic heterocycles. The summed E-state index contributed by atoms with van der Waals surface area (Å²) in [6.07, 6.45) is 8.81. The van der Waals surface area contributed by atoms with E-state index in [-0.39, 0.29) is 11.9 Å². The second kappa shape index (κ2) is 8.46. The van der Waals surface area contributed by atoms with Crippen molar-refractivity contribution in [2.75, 3.05) is 10.6 Å². The van der Waals surface area contributed by atoms with Crippen LogP contribution in [0.5, 0.6) is 0 Å². The van der Waals surface area contributed by atoms with Crippen LogP contribution in [0.3, 0.4) is 0 Å². The van der Waals surface area contributed by atoms with Gasteiger partial charge in [0.2, 0.25) is 5.95 Å². The summed E-state index contributed by atoms with van der Waals surface area (Å²) in [5.41, 5.74) is 0.901. The largest absolute Gasteiger partial charge is 0.351 e. The molecular weight excluding hydrogens is 379 g/mol. The highest BCUT2D eigenvalue weighted by molar-refractivity contribution is 5.67. The van der Waals surface area contributed by atoms with Gasteiger partial charge in [-0.05, 0) is 25.0 Å². The van der Waals surface area contributed by atoms with Crippen LogP contribution in [0.2, 0.25) is 0 Å². The lowest BCUT2D eigenvalue weighted by Gasteiger charge is -2.23. The van der Waals surface area contributed by atoms with E-state index in [0.29, 0.717) is 23.8 Å². The van der Waals surface area contributed by atoms with Gasteiger partial charge in [-0.25, -0.2) is 18.2 Å². The molecule has 2 heterocycles. The Kier molecular flexibility index (Phi) is 5.59. The smallest absolute Gasteiger partial charge is 0.225 e. The van der Waals surface area contributed by atoms with Gasteiger partial charge in [-0.15, -0.1) is 0 Å². The number of rotatable bonds is 5. The lowest BCUT2D eigenvalue weighted by Crippen LogP contribution is -2.23. The predicted molar refractivity (Wildman–Crippen MR) is 105 cm³/mol. The van der Waals surface area contributed by atoms with E-state index in [1.54, 1.807) is 30.6 Å². The molecule has 1 saturated carbocycles. The Morgan fingerprint density at radius 3 is 2.24 bits per heavy atom.